The molecule has 1 aromatic carbocycles. The molecule has 1 aromatic heterocycles. The molecule has 0 aliphatic rings. The number of rotatable bonds is 5. The zero-order chi connectivity index (χ0) is 15.4. The number of benzene rings is 1. The summed E-state index contributed by atoms with van der Waals surface area (Å²) in [5.41, 5.74) is 7.29. The largest absolute Gasteiger partial charge is 0.489 e. The molecule has 1 heterocycles. The van der Waals surface area contributed by atoms with Gasteiger partial charge in [0.05, 0.1) is 18.4 Å². The topological polar surface area (TPSA) is 87.6 Å². The van der Waals surface area contributed by atoms with Gasteiger partial charge in [0.15, 0.2) is 11.5 Å². The van der Waals surface area contributed by atoms with E-state index in [1.165, 1.54) is 6.07 Å². The maximum absolute atomic E-state index is 11.5. The Balaban J connectivity index is 2.23. The Morgan fingerprint density at radius 2 is 2.14 bits per heavy atom. The SMILES string of the molecule is CCOC(=O)c1cc(-c2ccc(OC(C)C)c(N)c2)on1. The first-order valence-electron chi connectivity index (χ1n) is 6.71. The third-order valence-electron chi connectivity index (χ3n) is 2.65. The number of esters is 1. The summed E-state index contributed by atoms with van der Waals surface area (Å²) in [6.07, 6.45) is 0.0406. The number of carbonyl (C=O) groups excluding carboxylic acids is 1. The fourth-order valence-electron chi connectivity index (χ4n) is 1.78. The number of anilines is 1. The molecule has 2 N–H and O–H groups in total. The van der Waals surface area contributed by atoms with Crippen molar-refractivity contribution in [1.82, 2.24) is 5.16 Å². The lowest BCUT2D eigenvalue weighted by Gasteiger charge is -2.12. The summed E-state index contributed by atoms with van der Waals surface area (Å²) >= 11 is 0. The van der Waals surface area contributed by atoms with E-state index in [-0.39, 0.29) is 18.4 Å². The fraction of sp³-hybridized carbons (Fsp3) is 0.333. The second-order valence-electron chi connectivity index (χ2n) is 4.72. The van der Waals surface area contributed by atoms with Gasteiger partial charge in [-0.1, -0.05) is 5.16 Å². The average molecular weight is 290 g/mol. The van der Waals surface area contributed by atoms with Crippen molar-refractivity contribution >= 4 is 11.7 Å². The quantitative estimate of drug-likeness (QED) is 0.673. The molecule has 0 saturated carbocycles. The van der Waals surface area contributed by atoms with E-state index in [0.29, 0.717) is 22.8 Å². The van der Waals surface area contributed by atoms with Crippen molar-refractivity contribution in [2.75, 3.05) is 12.3 Å². The highest BCUT2D eigenvalue weighted by molar-refractivity contribution is 5.88. The number of nitrogen functional groups attached to an aromatic ring is 1. The molecule has 0 unspecified atom stereocenters. The highest BCUT2D eigenvalue weighted by Gasteiger charge is 2.15. The Bertz CT molecular complexity index is 634. The van der Waals surface area contributed by atoms with Crippen LogP contribution >= 0.6 is 0 Å². The molecule has 0 saturated heterocycles. The van der Waals surface area contributed by atoms with E-state index in [9.17, 15) is 4.79 Å². The van der Waals surface area contributed by atoms with Crippen molar-refractivity contribution in [1.29, 1.82) is 0 Å². The maximum Gasteiger partial charge on any atom is 0.360 e. The lowest BCUT2D eigenvalue weighted by Crippen LogP contribution is -2.07. The number of hydrogen-bond acceptors (Lipinski definition) is 6. The molecular weight excluding hydrogens is 272 g/mol. The van der Waals surface area contributed by atoms with Crippen LogP contribution in [0.1, 0.15) is 31.3 Å². The Morgan fingerprint density at radius 3 is 2.76 bits per heavy atom. The Labute approximate surface area is 122 Å². The number of ether oxygens (including phenoxy) is 2. The van der Waals surface area contributed by atoms with Gasteiger partial charge in [-0.2, -0.15) is 0 Å². The van der Waals surface area contributed by atoms with Gasteiger partial charge < -0.3 is 19.7 Å². The van der Waals surface area contributed by atoms with Crippen molar-refractivity contribution in [3.05, 3.63) is 30.0 Å². The summed E-state index contributed by atoms with van der Waals surface area (Å²) in [7, 11) is 0. The van der Waals surface area contributed by atoms with E-state index in [0.717, 1.165) is 0 Å². The van der Waals surface area contributed by atoms with Crippen LogP contribution < -0.4 is 10.5 Å². The highest BCUT2D eigenvalue weighted by Crippen LogP contribution is 2.29. The van der Waals surface area contributed by atoms with Crippen LogP contribution in [0.25, 0.3) is 11.3 Å². The molecule has 0 fully saturated rings. The number of nitrogens with zero attached hydrogens (tertiary/aromatic N) is 1. The summed E-state index contributed by atoms with van der Waals surface area (Å²) in [5, 5.41) is 3.69. The predicted molar refractivity (Wildman–Crippen MR) is 78.1 cm³/mol. The minimum atomic E-state index is -0.514. The van der Waals surface area contributed by atoms with Crippen molar-refractivity contribution in [3.63, 3.8) is 0 Å². The number of carbonyl (C=O) groups is 1. The molecule has 0 aliphatic heterocycles. The van der Waals surface area contributed by atoms with E-state index in [1.807, 2.05) is 13.8 Å². The maximum atomic E-state index is 11.5. The molecule has 2 aromatic rings. The van der Waals surface area contributed by atoms with Crippen LogP contribution in [-0.4, -0.2) is 23.8 Å². The number of nitrogens with two attached hydrogens (primary N) is 1. The highest BCUT2D eigenvalue weighted by atomic mass is 16.5. The molecule has 0 amide bonds. The molecule has 0 radical (unpaired) electrons. The normalized spacial score (nSPS) is 10.7. The smallest absolute Gasteiger partial charge is 0.360 e. The van der Waals surface area contributed by atoms with E-state index in [2.05, 4.69) is 5.16 Å². The second-order valence-corrected chi connectivity index (χ2v) is 4.72. The van der Waals surface area contributed by atoms with Gasteiger partial charge in [-0.25, -0.2) is 4.79 Å². The predicted octanol–water partition coefficient (Wildman–Crippen LogP) is 2.89. The first-order valence-corrected chi connectivity index (χ1v) is 6.71. The van der Waals surface area contributed by atoms with Gasteiger partial charge in [-0.15, -0.1) is 0 Å². The molecule has 0 bridgehead atoms. The monoisotopic (exact) mass is 290 g/mol. The van der Waals surface area contributed by atoms with Crippen molar-refractivity contribution in [2.45, 2.75) is 26.9 Å². The summed E-state index contributed by atoms with van der Waals surface area (Å²) < 4.78 is 15.6. The van der Waals surface area contributed by atoms with Crippen molar-refractivity contribution < 1.29 is 18.8 Å². The average Bonchev–Trinajstić information content (AvgIpc) is 2.90. The van der Waals surface area contributed by atoms with Crippen LogP contribution in [0.15, 0.2) is 28.8 Å². The van der Waals surface area contributed by atoms with E-state index < -0.39 is 5.97 Å². The first kappa shape index (κ1) is 14.9. The standard InChI is InChI=1S/C15H18N2O4/c1-4-19-15(18)12-8-14(21-17-12)10-5-6-13(11(16)7-10)20-9(2)3/h5-9H,4,16H2,1-3H3. The minimum absolute atomic E-state index is 0.0406. The molecule has 6 nitrogen and oxygen atoms in total. The van der Waals surface area contributed by atoms with Gasteiger partial charge in [0.1, 0.15) is 5.75 Å². The minimum Gasteiger partial charge on any atom is -0.489 e. The summed E-state index contributed by atoms with van der Waals surface area (Å²) in [6, 6.07) is 6.80. The van der Waals surface area contributed by atoms with E-state index in [4.69, 9.17) is 19.7 Å². The lowest BCUT2D eigenvalue weighted by molar-refractivity contribution is 0.0514. The van der Waals surface area contributed by atoms with Crippen molar-refractivity contribution in [3.8, 4) is 17.1 Å². The second kappa shape index (κ2) is 6.30. The lowest BCUT2D eigenvalue weighted by atomic mass is 10.1. The van der Waals surface area contributed by atoms with Gasteiger partial charge in [-0.05, 0) is 39.0 Å². The van der Waals surface area contributed by atoms with Gasteiger partial charge >= 0.3 is 5.97 Å². The molecular formula is C15H18N2O4. The molecule has 6 heteroatoms. The fourth-order valence-corrected chi connectivity index (χ4v) is 1.78. The zero-order valence-corrected chi connectivity index (χ0v) is 12.3. The number of hydrogen-bond donors (Lipinski definition) is 1. The molecule has 21 heavy (non-hydrogen) atoms. The Hall–Kier alpha value is -2.50. The summed E-state index contributed by atoms with van der Waals surface area (Å²) in [6.45, 7) is 5.87. The van der Waals surface area contributed by atoms with Gasteiger partial charge in [-0.3, -0.25) is 0 Å². The van der Waals surface area contributed by atoms with Crippen LogP contribution in [0.2, 0.25) is 0 Å². The van der Waals surface area contributed by atoms with Crippen molar-refractivity contribution in [2.24, 2.45) is 0 Å². The first-order chi connectivity index (χ1) is 10.0. The van der Waals surface area contributed by atoms with Crippen LogP contribution in [-0.2, 0) is 4.74 Å². The molecule has 0 aliphatic carbocycles. The number of aromatic nitrogens is 1. The van der Waals surface area contributed by atoms with E-state index >= 15 is 0 Å². The third kappa shape index (κ3) is 3.53. The molecule has 112 valence electrons. The van der Waals surface area contributed by atoms with Crippen LogP contribution in [0, 0.1) is 0 Å². The zero-order valence-electron chi connectivity index (χ0n) is 12.3. The Kier molecular flexibility index (Phi) is 4.47. The summed E-state index contributed by atoms with van der Waals surface area (Å²) in [5.74, 6) is 0.542. The van der Waals surface area contributed by atoms with Gasteiger partial charge in [0.2, 0.25) is 0 Å². The van der Waals surface area contributed by atoms with Crippen LogP contribution in [0.4, 0.5) is 5.69 Å². The molecule has 0 atom stereocenters. The molecule has 2 rings (SSSR count). The third-order valence-corrected chi connectivity index (χ3v) is 2.65. The van der Waals surface area contributed by atoms with Gasteiger partial charge in [0, 0.05) is 11.6 Å². The molecule has 0 spiro atoms. The van der Waals surface area contributed by atoms with Crippen LogP contribution in [0.5, 0.6) is 5.75 Å². The van der Waals surface area contributed by atoms with E-state index in [1.54, 1.807) is 25.1 Å². The van der Waals surface area contributed by atoms with Crippen LogP contribution in [0.3, 0.4) is 0 Å². The van der Waals surface area contributed by atoms with Gasteiger partial charge in [0.25, 0.3) is 0 Å². The summed E-state index contributed by atoms with van der Waals surface area (Å²) in [4.78, 5) is 11.5. The Morgan fingerprint density at radius 1 is 1.38 bits per heavy atom.